The van der Waals surface area contributed by atoms with Crippen molar-refractivity contribution in [1.29, 1.82) is 0 Å². The van der Waals surface area contributed by atoms with Gasteiger partial charge in [-0.15, -0.1) is 0 Å². The summed E-state index contributed by atoms with van der Waals surface area (Å²) in [5.41, 5.74) is 0.748. The highest BCUT2D eigenvalue weighted by molar-refractivity contribution is 6.30. The fourth-order valence-electron chi connectivity index (χ4n) is 1.30. The average Bonchev–Trinajstić information content (AvgIpc) is 2.08. The van der Waals surface area contributed by atoms with Gasteiger partial charge in [0.25, 0.3) is 0 Å². The lowest BCUT2D eigenvalue weighted by atomic mass is 9.95. The van der Waals surface area contributed by atoms with Gasteiger partial charge in [-0.05, 0) is 27.7 Å². The first kappa shape index (κ1) is 14.2. The fourth-order valence-corrected chi connectivity index (χ4v) is 1.47. The Morgan fingerprint density at radius 2 is 1.53 bits per heavy atom. The summed E-state index contributed by atoms with van der Waals surface area (Å²) in [5.74, 6) is 1.59. The monoisotopic (exact) mass is 255 g/mol. The molecule has 0 aromatic carbocycles. The van der Waals surface area contributed by atoms with Crippen LogP contribution < -0.4 is 5.32 Å². The van der Waals surface area contributed by atoms with Crippen LogP contribution in [0.15, 0.2) is 0 Å². The van der Waals surface area contributed by atoms with Gasteiger partial charge in [0, 0.05) is 16.5 Å². The molecular weight excluding hydrogens is 234 g/mol. The zero-order valence-electron chi connectivity index (χ0n) is 11.8. The van der Waals surface area contributed by atoms with E-state index in [1.54, 1.807) is 0 Å². The molecule has 0 radical (unpaired) electrons. The van der Waals surface area contributed by atoms with Crippen LogP contribution in [0.2, 0.25) is 5.15 Å². The predicted octanol–water partition coefficient (Wildman–Crippen LogP) is 3.95. The molecule has 0 atom stereocenters. The van der Waals surface area contributed by atoms with Gasteiger partial charge < -0.3 is 5.32 Å². The molecule has 0 bridgehead atoms. The van der Waals surface area contributed by atoms with E-state index in [1.807, 2.05) is 6.92 Å². The van der Waals surface area contributed by atoms with Crippen LogP contribution in [-0.2, 0) is 5.41 Å². The summed E-state index contributed by atoms with van der Waals surface area (Å²) in [6.07, 6.45) is 0. The number of rotatable bonds is 1. The Bertz CT molecular complexity index is 414. The molecule has 0 aliphatic heterocycles. The van der Waals surface area contributed by atoms with E-state index in [4.69, 9.17) is 11.6 Å². The van der Waals surface area contributed by atoms with Gasteiger partial charge in [0.05, 0.1) is 0 Å². The first-order chi connectivity index (χ1) is 7.50. The third-order valence-corrected chi connectivity index (χ3v) is 2.62. The quantitative estimate of drug-likeness (QED) is 0.773. The van der Waals surface area contributed by atoms with E-state index in [1.165, 1.54) is 0 Å². The molecule has 3 nitrogen and oxygen atoms in total. The van der Waals surface area contributed by atoms with Crippen molar-refractivity contribution in [3.05, 3.63) is 16.5 Å². The SMILES string of the molecule is Cc1c(Cl)nc(C(C)(C)C)nc1NC(C)(C)C. The molecule has 96 valence electrons. The molecule has 0 aliphatic carbocycles. The van der Waals surface area contributed by atoms with Crippen molar-refractivity contribution in [3.8, 4) is 0 Å². The number of aromatic nitrogens is 2. The number of anilines is 1. The van der Waals surface area contributed by atoms with Gasteiger partial charge in [-0.3, -0.25) is 0 Å². The first-order valence-corrected chi connectivity index (χ1v) is 6.21. The lowest BCUT2D eigenvalue weighted by Gasteiger charge is -2.25. The van der Waals surface area contributed by atoms with Crippen molar-refractivity contribution in [1.82, 2.24) is 9.97 Å². The van der Waals surface area contributed by atoms with Crippen LogP contribution in [-0.4, -0.2) is 15.5 Å². The Labute approximate surface area is 109 Å². The van der Waals surface area contributed by atoms with Gasteiger partial charge in [-0.2, -0.15) is 0 Å². The molecule has 1 aromatic heterocycles. The second-order valence-electron chi connectivity index (χ2n) is 6.44. The Balaban J connectivity index is 3.26. The van der Waals surface area contributed by atoms with Crippen LogP contribution in [0.3, 0.4) is 0 Å². The topological polar surface area (TPSA) is 37.8 Å². The minimum absolute atomic E-state index is 0.0441. The molecule has 1 heterocycles. The van der Waals surface area contributed by atoms with E-state index >= 15 is 0 Å². The minimum Gasteiger partial charge on any atom is -0.365 e. The fraction of sp³-hybridized carbons (Fsp3) is 0.692. The molecule has 0 unspecified atom stereocenters. The summed E-state index contributed by atoms with van der Waals surface area (Å²) in [7, 11) is 0. The first-order valence-electron chi connectivity index (χ1n) is 5.83. The van der Waals surface area contributed by atoms with Gasteiger partial charge in [-0.1, -0.05) is 32.4 Å². The maximum atomic E-state index is 6.16. The molecule has 0 saturated carbocycles. The van der Waals surface area contributed by atoms with Crippen molar-refractivity contribution < 1.29 is 0 Å². The van der Waals surface area contributed by atoms with Crippen LogP contribution >= 0.6 is 11.6 Å². The van der Waals surface area contributed by atoms with Gasteiger partial charge >= 0.3 is 0 Å². The van der Waals surface area contributed by atoms with Crippen LogP contribution in [0.5, 0.6) is 0 Å². The Kier molecular flexibility index (Phi) is 3.72. The van der Waals surface area contributed by atoms with E-state index in [0.29, 0.717) is 5.15 Å². The summed E-state index contributed by atoms with van der Waals surface area (Å²) < 4.78 is 0. The maximum Gasteiger partial charge on any atom is 0.137 e. The second kappa shape index (κ2) is 4.45. The molecule has 17 heavy (non-hydrogen) atoms. The number of hydrogen-bond donors (Lipinski definition) is 1. The second-order valence-corrected chi connectivity index (χ2v) is 6.79. The number of halogens is 1. The molecule has 0 amide bonds. The zero-order valence-corrected chi connectivity index (χ0v) is 12.5. The predicted molar refractivity (Wildman–Crippen MR) is 73.9 cm³/mol. The van der Waals surface area contributed by atoms with E-state index in [2.05, 4.69) is 56.8 Å². The normalized spacial score (nSPS) is 12.7. The lowest BCUT2D eigenvalue weighted by molar-refractivity contribution is 0.542. The third kappa shape index (κ3) is 3.84. The Hall–Kier alpha value is -0.830. The smallest absolute Gasteiger partial charge is 0.137 e. The zero-order chi connectivity index (χ0) is 13.4. The van der Waals surface area contributed by atoms with Crippen LogP contribution in [0.25, 0.3) is 0 Å². The molecule has 0 saturated heterocycles. The average molecular weight is 256 g/mol. The van der Waals surface area contributed by atoms with Crippen molar-refractivity contribution in [2.75, 3.05) is 5.32 Å². The van der Waals surface area contributed by atoms with E-state index in [0.717, 1.165) is 17.2 Å². The van der Waals surface area contributed by atoms with Crippen molar-refractivity contribution in [3.63, 3.8) is 0 Å². The van der Waals surface area contributed by atoms with Gasteiger partial charge in [0.2, 0.25) is 0 Å². The largest absolute Gasteiger partial charge is 0.365 e. The Morgan fingerprint density at radius 1 is 1.00 bits per heavy atom. The summed E-state index contributed by atoms with van der Waals surface area (Å²) in [5, 5.41) is 3.89. The van der Waals surface area contributed by atoms with Crippen molar-refractivity contribution >= 4 is 17.4 Å². The summed E-state index contributed by atoms with van der Waals surface area (Å²) in [6.45, 7) is 14.5. The van der Waals surface area contributed by atoms with Crippen LogP contribution in [0.1, 0.15) is 52.9 Å². The third-order valence-electron chi connectivity index (χ3n) is 2.25. The van der Waals surface area contributed by atoms with E-state index < -0.39 is 0 Å². The van der Waals surface area contributed by atoms with Crippen LogP contribution in [0.4, 0.5) is 5.82 Å². The highest BCUT2D eigenvalue weighted by Gasteiger charge is 2.22. The number of hydrogen-bond acceptors (Lipinski definition) is 3. The molecule has 1 N–H and O–H groups in total. The summed E-state index contributed by atoms with van der Waals surface area (Å²) in [4.78, 5) is 8.93. The molecule has 1 rings (SSSR count). The van der Waals surface area contributed by atoms with Crippen LogP contribution in [0, 0.1) is 6.92 Å². The maximum absolute atomic E-state index is 6.16. The molecule has 0 fully saturated rings. The van der Waals surface area contributed by atoms with Crippen molar-refractivity contribution in [2.24, 2.45) is 0 Å². The standard InChI is InChI=1S/C13H22ClN3/c1-8-9(14)15-11(12(2,3)4)16-10(8)17-13(5,6)7/h1-7H3,(H,15,16,17). The summed E-state index contributed by atoms with van der Waals surface area (Å²) >= 11 is 6.16. The van der Waals surface area contributed by atoms with E-state index in [9.17, 15) is 0 Å². The van der Waals surface area contributed by atoms with Gasteiger partial charge in [0.15, 0.2) is 0 Å². The van der Waals surface area contributed by atoms with Gasteiger partial charge in [-0.25, -0.2) is 9.97 Å². The van der Waals surface area contributed by atoms with E-state index in [-0.39, 0.29) is 11.0 Å². The highest BCUT2D eigenvalue weighted by Crippen LogP contribution is 2.27. The molecule has 0 aliphatic rings. The minimum atomic E-state index is -0.106. The van der Waals surface area contributed by atoms with Gasteiger partial charge in [0.1, 0.15) is 16.8 Å². The molecular formula is C13H22ClN3. The number of nitrogens with zero attached hydrogens (tertiary/aromatic N) is 2. The molecule has 0 spiro atoms. The Morgan fingerprint density at radius 3 is 1.94 bits per heavy atom. The summed E-state index contributed by atoms with van der Waals surface area (Å²) in [6, 6.07) is 0. The molecule has 1 aromatic rings. The van der Waals surface area contributed by atoms with Crippen molar-refractivity contribution in [2.45, 2.75) is 59.4 Å². The lowest BCUT2D eigenvalue weighted by Crippen LogP contribution is -2.28. The number of nitrogens with one attached hydrogen (secondary N) is 1. The molecule has 4 heteroatoms. The highest BCUT2D eigenvalue weighted by atomic mass is 35.5.